The van der Waals surface area contributed by atoms with E-state index in [-0.39, 0.29) is 0 Å². The lowest BCUT2D eigenvalue weighted by atomic mass is 9.86. The first-order valence-electron chi connectivity index (χ1n) is 8.75. The normalized spacial score (nSPS) is 17.4. The molecule has 0 radical (unpaired) electrons. The van der Waals surface area contributed by atoms with Gasteiger partial charge in [-0.2, -0.15) is 0 Å². The molecule has 0 bridgehead atoms. The smallest absolute Gasteiger partial charge is 0.146 e. The summed E-state index contributed by atoms with van der Waals surface area (Å²) in [6.07, 6.45) is 7.57. The molecule has 4 atom stereocenters. The minimum atomic E-state index is 0.463. The maximum atomic E-state index is 5.48. The zero-order valence-corrected chi connectivity index (χ0v) is 17.0. The second kappa shape index (κ2) is 14.3. The maximum Gasteiger partial charge on any atom is 0.146 e. The molecule has 2 nitrogen and oxygen atoms in total. The summed E-state index contributed by atoms with van der Waals surface area (Å²) in [6, 6.07) is 0. The summed E-state index contributed by atoms with van der Waals surface area (Å²) in [4.78, 5) is 0. The molecule has 0 saturated carbocycles. The number of rotatable bonds is 14. The van der Waals surface area contributed by atoms with Crippen molar-refractivity contribution in [1.82, 2.24) is 0 Å². The van der Waals surface area contributed by atoms with Crippen molar-refractivity contribution in [2.45, 2.75) is 77.1 Å². The van der Waals surface area contributed by atoms with Gasteiger partial charge in [-0.15, -0.1) is 0 Å². The van der Waals surface area contributed by atoms with Crippen LogP contribution in [0.3, 0.4) is 0 Å². The lowest BCUT2D eigenvalue weighted by molar-refractivity contribution is -0.0549. The average molecular weight is 412 g/mol. The lowest BCUT2D eigenvalue weighted by Gasteiger charge is -2.21. The number of hydrogen-bond acceptors (Lipinski definition) is 2. The van der Waals surface area contributed by atoms with Crippen molar-refractivity contribution in [2.24, 2.45) is 17.8 Å². The summed E-state index contributed by atoms with van der Waals surface area (Å²) in [6.45, 7) is 13.7. The van der Waals surface area contributed by atoms with Gasteiger partial charge < -0.3 is 9.47 Å². The van der Waals surface area contributed by atoms with Crippen molar-refractivity contribution in [3.63, 3.8) is 0 Å². The van der Waals surface area contributed by atoms with Crippen molar-refractivity contribution in [3.05, 3.63) is 0 Å². The van der Waals surface area contributed by atoms with Crippen LogP contribution >= 0.6 is 22.6 Å². The maximum absolute atomic E-state index is 5.48. The molecule has 0 spiro atoms. The summed E-state index contributed by atoms with van der Waals surface area (Å²) >= 11 is 2.54. The van der Waals surface area contributed by atoms with Crippen LogP contribution in [0.2, 0.25) is 0 Å². The zero-order valence-electron chi connectivity index (χ0n) is 14.9. The van der Waals surface area contributed by atoms with Crippen LogP contribution in [0.15, 0.2) is 0 Å². The quantitative estimate of drug-likeness (QED) is 0.149. The number of hydrogen-bond donors (Lipinski definition) is 0. The molecule has 21 heavy (non-hydrogen) atoms. The molecule has 0 fully saturated rings. The van der Waals surface area contributed by atoms with Crippen LogP contribution in [-0.2, 0) is 9.47 Å². The second-order valence-corrected chi connectivity index (χ2v) is 9.01. The van der Waals surface area contributed by atoms with E-state index in [1.165, 1.54) is 25.7 Å². The molecular formula is C18H37IO2. The molecule has 0 saturated heterocycles. The van der Waals surface area contributed by atoms with Crippen LogP contribution in [0, 0.1) is 17.8 Å². The van der Waals surface area contributed by atoms with E-state index in [2.05, 4.69) is 57.2 Å². The molecule has 0 aliphatic carbocycles. The predicted octanol–water partition coefficient (Wildman–Crippen LogP) is 6.07. The highest BCUT2D eigenvalue weighted by molar-refractivity contribution is 14.1. The van der Waals surface area contributed by atoms with Crippen molar-refractivity contribution in [1.29, 1.82) is 0 Å². The Hall–Kier alpha value is 0.650. The Morgan fingerprint density at radius 2 is 1.38 bits per heavy atom. The van der Waals surface area contributed by atoms with E-state index in [1.54, 1.807) is 0 Å². The van der Waals surface area contributed by atoms with Crippen LogP contribution < -0.4 is 0 Å². The first kappa shape index (κ1) is 21.6. The van der Waals surface area contributed by atoms with Gasteiger partial charge in [0.2, 0.25) is 0 Å². The highest BCUT2D eigenvalue weighted by Crippen LogP contribution is 2.25. The fraction of sp³-hybridized carbons (Fsp3) is 1.00. The molecule has 0 aromatic rings. The fourth-order valence-electron chi connectivity index (χ4n) is 3.09. The van der Waals surface area contributed by atoms with Crippen LogP contribution in [0.4, 0.5) is 0 Å². The number of alkyl halides is 1. The van der Waals surface area contributed by atoms with Gasteiger partial charge in [0.05, 0.1) is 0 Å². The SMILES string of the molecule is CCCOCOCCCC(C)CC(C)CC(C)CC(C)I. The zero-order chi connectivity index (χ0) is 16.1. The fourth-order valence-corrected chi connectivity index (χ4v) is 3.96. The standard InChI is InChI=1S/C18H37IO2/c1-6-9-20-14-21-10-7-8-15(2)11-16(3)12-17(4)13-18(5)19/h15-18H,6-14H2,1-5H3. The van der Waals surface area contributed by atoms with E-state index in [0.717, 1.165) is 47.7 Å². The van der Waals surface area contributed by atoms with Gasteiger partial charge in [0.25, 0.3) is 0 Å². The minimum Gasteiger partial charge on any atom is -0.355 e. The Balaban J connectivity index is 3.53. The summed E-state index contributed by atoms with van der Waals surface area (Å²) in [5.41, 5.74) is 0. The molecule has 0 rings (SSSR count). The van der Waals surface area contributed by atoms with Crippen molar-refractivity contribution >= 4 is 22.6 Å². The Morgan fingerprint density at radius 3 is 2.00 bits per heavy atom. The monoisotopic (exact) mass is 412 g/mol. The summed E-state index contributed by atoms with van der Waals surface area (Å²) < 4.78 is 11.6. The van der Waals surface area contributed by atoms with Crippen molar-refractivity contribution < 1.29 is 9.47 Å². The molecule has 0 aromatic carbocycles. The third-order valence-electron chi connectivity index (χ3n) is 3.84. The highest BCUT2D eigenvalue weighted by Gasteiger charge is 2.13. The molecule has 0 amide bonds. The average Bonchev–Trinajstić information content (AvgIpc) is 2.36. The van der Waals surface area contributed by atoms with E-state index in [4.69, 9.17) is 9.47 Å². The van der Waals surface area contributed by atoms with Crippen LogP contribution in [0.25, 0.3) is 0 Å². The largest absolute Gasteiger partial charge is 0.355 e. The van der Waals surface area contributed by atoms with E-state index in [9.17, 15) is 0 Å². The summed E-state index contributed by atoms with van der Waals surface area (Å²) in [5, 5.41) is 0. The van der Waals surface area contributed by atoms with Crippen LogP contribution in [0.1, 0.15) is 73.1 Å². The minimum absolute atomic E-state index is 0.463. The highest BCUT2D eigenvalue weighted by atomic mass is 127. The Morgan fingerprint density at radius 1 is 0.810 bits per heavy atom. The molecule has 0 aliphatic heterocycles. The van der Waals surface area contributed by atoms with Crippen molar-refractivity contribution in [3.8, 4) is 0 Å². The Bertz CT molecular complexity index is 221. The molecule has 0 aliphatic rings. The van der Waals surface area contributed by atoms with Crippen LogP contribution in [-0.4, -0.2) is 23.9 Å². The van der Waals surface area contributed by atoms with Gasteiger partial charge in [-0.1, -0.05) is 57.2 Å². The number of ether oxygens (including phenoxy) is 2. The van der Waals surface area contributed by atoms with Gasteiger partial charge in [0.15, 0.2) is 0 Å². The molecule has 0 aromatic heterocycles. The third kappa shape index (κ3) is 15.3. The molecule has 3 heteroatoms. The number of halogens is 1. The van der Waals surface area contributed by atoms with E-state index in [0.29, 0.717) is 6.79 Å². The van der Waals surface area contributed by atoms with Gasteiger partial charge in [0, 0.05) is 17.1 Å². The van der Waals surface area contributed by atoms with E-state index < -0.39 is 0 Å². The van der Waals surface area contributed by atoms with E-state index in [1.807, 2.05) is 0 Å². The third-order valence-corrected chi connectivity index (χ3v) is 4.35. The first-order valence-corrected chi connectivity index (χ1v) is 9.99. The van der Waals surface area contributed by atoms with Gasteiger partial charge in [0.1, 0.15) is 6.79 Å². The molecule has 128 valence electrons. The molecule has 4 unspecified atom stereocenters. The Labute approximate surface area is 146 Å². The molecule has 0 heterocycles. The van der Waals surface area contributed by atoms with E-state index >= 15 is 0 Å². The summed E-state index contributed by atoms with van der Waals surface area (Å²) in [7, 11) is 0. The molecule has 0 N–H and O–H groups in total. The topological polar surface area (TPSA) is 18.5 Å². The van der Waals surface area contributed by atoms with Gasteiger partial charge in [-0.25, -0.2) is 0 Å². The van der Waals surface area contributed by atoms with Gasteiger partial charge >= 0.3 is 0 Å². The Kier molecular flexibility index (Phi) is 14.7. The lowest BCUT2D eigenvalue weighted by Crippen LogP contribution is -2.11. The van der Waals surface area contributed by atoms with Gasteiger partial charge in [-0.3, -0.25) is 0 Å². The van der Waals surface area contributed by atoms with Crippen molar-refractivity contribution in [2.75, 3.05) is 20.0 Å². The second-order valence-electron chi connectivity index (χ2n) is 6.88. The predicted molar refractivity (Wildman–Crippen MR) is 101 cm³/mol. The summed E-state index contributed by atoms with van der Waals surface area (Å²) in [5.74, 6) is 2.52. The first-order chi connectivity index (χ1) is 9.95. The molecular weight excluding hydrogens is 375 g/mol. The van der Waals surface area contributed by atoms with Gasteiger partial charge in [-0.05, 0) is 56.3 Å². The van der Waals surface area contributed by atoms with Crippen LogP contribution in [0.5, 0.6) is 0 Å².